The molecule has 0 radical (unpaired) electrons. The molecule has 1 aromatic rings. The van der Waals surface area contributed by atoms with Crippen molar-refractivity contribution in [3.05, 3.63) is 35.9 Å². The lowest BCUT2D eigenvalue weighted by Crippen LogP contribution is -2.51. The van der Waals surface area contributed by atoms with Crippen molar-refractivity contribution in [1.29, 1.82) is 0 Å². The zero-order valence-electron chi connectivity index (χ0n) is 16.1. The molecule has 2 aliphatic rings. The Morgan fingerprint density at radius 3 is 2.48 bits per heavy atom. The van der Waals surface area contributed by atoms with Crippen LogP contribution in [0, 0.1) is 0 Å². The second-order valence-electron chi connectivity index (χ2n) is 9.15. The first-order valence-electron chi connectivity index (χ1n) is 9.31. The van der Waals surface area contributed by atoms with Gasteiger partial charge in [0.25, 0.3) is 0 Å². The minimum absolute atomic E-state index is 0.0303. The summed E-state index contributed by atoms with van der Waals surface area (Å²) in [5, 5.41) is 10.6. The van der Waals surface area contributed by atoms with E-state index in [1.165, 1.54) is 0 Å². The van der Waals surface area contributed by atoms with Crippen LogP contribution in [0.4, 0.5) is 0 Å². The Balaban J connectivity index is 1.71. The lowest BCUT2D eigenvalue weighted by Gasteiger charge is -2.45. The Morgan fingerprint density at radius 2 is 1.84 bits per heavy atom. The third-order valence-electron chi connectivity index (χ3n) is 5.94. The highest BCUT2D eigenvalue weighted by molar-refractivity contribution is 6.74. The molecular formula is C20H32O4Si. The second-order valence-corrected chi connectivity index (χ2v) is 13.9. The molecule has 4 nitrogen and oxygen atoms in total. The number of aliphatic hydroxyl groups is 1. The highest BCUT2D eigenvalue weighted by Crippen LogP contribution is 2.45. The molecule has 5 heteroatoms. The molecule has 1 N–H and O–H groups in total. The predicted octanol–water partition coefficient (Wildman–Crippen LogP) is 4.41. The third kappa shape index (κ3) is 4.17. The maximum Gasteiger partial charge on any atom is 0.192 e. The third-order valence-corrected chi connectivity index (χ3v) is 10.5. The molecule has 1 aliphatic heterocycles. The molecule has 140 valence electrons. The Hall–Kier alpha value is -0.723. The Labute approximate surface area is 152 Å². The first-order chi connectivity index (χ1) is 11.6. The SMILES string of the molecule is CC(C)(C)[Si](C)(C)OC1C[C@@H](O)C[C@@]2(CO[C@@H](c3ccccc3)O2)C1. The van der Waals surface area contributed by atoms with E-state index in [1.54, 1.807) is 0 Å². The van der Waals surface area contributed by atoms with Crippen LogP contribution in [0.25, 0.3) is 0 Å². The van der Waals surface area contributed by atoms with Crippen LogP contribution in [0.1, 0.15) is 51.9 Å². The molecule has 2 fully saturated rings. The monoisotopic (exact) mass is 364 g/mol. The normalized spacial score (nSPS) is 33.8. The summed E-state index contributed by atoms with van der Waals surface area (Å²) in [6, 6.07) is 10.0. The summed E-state index contributed by atoms with van der Waals surface area (Å²) < 4.78 is 18.9. The van der Waals surface area contributed by atoms with Crippen molar-refractivity contribution in [2.45, 2.75) is 82.3 Å². The molecule has 1 saturated heterocycles. The molecule has 1 unspecified atom stereocenters. The fraction of sp³-hybridized carbons (Fsp3) is 0.700. The minimum atomic E-state index is -1.88. The average molecular weight is 365 g/mol. The fourth-order valence-electron chi connectivity index (χ4n) is 3.59. The predicted molar refractivity (Wildman–Crippen MR) is 101 cm³/mol. The zero-order chi connectivity index (χ0) is 18.3. The lowest BCUT2D eigenvalue weighted by molar-refractivity contribution is -0.134. The van der Waals surface area contributed by atoms with Gasteiger partial charge in [-0.05, 0) is 24.6 Å². The van der Waals surface area contributed by atoms with Crippen LogP contribution in [0.15, 0.2) is 30.3 Å². The highest BCUT2D eigenvalue weighted by atomic mass is 28.4. The van der Waals surface area contributed by atoms with Crippen LogP contribution in [0.5, 0.6) is 0 Å². The van der Waals surface area contributed by atoms with Crippen molar-refractivity contribution in [2.75, 3.05) is 6.61 Å². The largest absolute Gasteiger partial charge is 0.414 e. The van der Waals surface area contributed by atoms with Gasteiger partial charge in [-0.25, -0.2) is 0 Å². The van der Waals surface area contributed by atoms with Crippen molar-refractivity contribution in [1.82, 2.24) is 0 Å². The summed E-state index contributed by atoms with van der Waals surface area (Å²) in [5.74, 6) is 0. The topological polar surface area (TPSA) is 47.9 Å². The number of ether oxygens (including phenoxy) is 2. The minimum Gasteiger partial charge on any atom is -0.414 e. The molecule has 4 atom stereocenters. The van der Waals surface area contributed by atoms with Crippen molar-refractivity contribution in [3.63, 3.8) is 0 Å². The van der Waals surface area contributed by atoms with E-state index >= 15 is 0 Å². The van der Waals surface area contributed by atoms with E-state index < -0.39 is 20.0 Å². The van der Waals surface area contributed by atoms with Gasteiger partial charge in [-0.2, -0.15) is 0 Å². The summed E-state index contributed by atoms with van der Waals surface area (Å²) >= 11 is 0. The Bertz CT molecular complexity index is 583. The standard InChI is InChI=1S/C20H32O4Si/c1-19(2,3)25(4,5)24-17-11-16(21)12-20(13-17)14-22-18(23-20)15-9-7-6-8-10-15/h6-10,16-18,21H,11-14H2,1-5H3/t16-,17?,18-,20+/m1/s1. The van der Waals surface area contributed by atoms with Gasteiger partial charge in [0.05, 0.1) is 24.4 Å². The molecular weight excluding hydrogens is 332 g/mol. The van der Waals surface area contributed by atoms with Gasteiger partial charge in [0, 0.05) is 18.4 Å². The van der Waals surface area contributed by atoms with E-state index in [1.807, 2.05) is 30.3 Å². The highest BCUT2D eigenvalue weighted by Gasteiger charge is 2.50. The Kier molecular flexibility index (Phi) is 5.17. The van der Waals surface area contributed by atoms with Gasteiger partial charge in [-0.15, -0.1) is 0 Å². The van der Waals surface area contributed by atoms with Crippen molar-refractivity contribution >= 4 is 8.32 Å². The van der Waals surface area contributed by atoms with Crippen LogP contribution >= 0.6 is 0 Å². The quantitative estimate of drug-likeness (QED) is 0.807. The molecule has 1 heterocycles. The molecule has 1 saturated carbocycles. The fourth-order valence-corrected chi connectivity index (χ4v) is 4.96. The van der Waals surface area contributed by atoms with Crippen molar-refractivity contribution in [3.8, 4) is 0 Å². The summed E-state index contributed by atoms with van der Waals surface area (Å²) in [4.78, 5) is 0. The first-order valence-corrected chi connectivity index (χ1v) is 12.2. The molecule has 1 aliphatic carbocycles. The van der Waals surface area contributed by atoms with E-state index in [0.29, 0.717) is 19.4 Å². The van der Waals surface area contributed by atoms with Crippen LogP contribution in [-0.2, 0) is 13.9 Å². The smallest absolute Gasteiger partial charge is 0.192 e. The van der Waals surface area contributed by atoms with Gasteiger partial charge in [0.2, 0.25) is 0 Å². The van der Waals surface area contributed by atoms with Gasteiger partial charge in [0.15, 0.2) is 14.6 Å². The van der Waals surface area contributed by atoms with Crippen LogP contribution in [0.3, 0.4) is 0 Å². The van der Waals surface area contributed by atoms with Gasteiger partial charge < -0.3 is 19.0 Å². The van der Waals surface area contributed by atoms with E-state index in [2.05, 4.69) is 33.9 Å². The van der Waals surface area contributed by atoms with Crippen LogP contribution in [0.2, 0.25) is 18.1 Å². The van der Waals surface area contributed by atoms with E-state index in [-0.39, 0.29) is 17.4 Å². The van der Waals surface area contributed by atoms with Gasteiger partial charge in [-0.1, -0.05) is 51.1 Å². The summed E-state index contributed by atoms with van der Waals surface area (Å²) in [7, 11) is -1.88. The number of benzene rings is 1. The number of hydrogen-bond acceptors (Lipinski definition) is 4. The zero-order valence-corrected chi connectivity index (χ0v) is 17.1. The van der Waals surface area contributed by atoms with E-state index in [0.717, 1.165) is 12.0 Å². The molecule has 1 aromatic carbocycles. The van der Waals surface area contributed by atoms with E-state index in [9.17, 15) is 5.11 Å². The second kappa shape index (κ2) is 6.78. The maximum absolute atomic E-state index is 10.5. The molecule has 25 heavy (non-hydrogen) atoms. The van der Waals surface area contributed by atoms with Gasteiger partial charge in [-0.3, -0.25) is 0 Å². The molecule has 1 spiro atoms. The summed E-state index contributed by atoms with van der Waals surface area (Å²) in [6.07, 6.45) is 1.38. The Morgan fingerprint density at radius 1 is 1.16 bits per heavy atom. The average Bonchev–Trinajstić information content (AvgIpc) is 2.89. The lowest BCUT2D eigenvalue weighted by atomic mass is 9.82. The number of aliphatic hydroxyl groups excluding tert-OH is 1. The molecule has 0 amide bonds. The van der Waals surface area contributed by atoms with Crippen molar-refractivity contribution < 1.29 is 19.0 Å². The summed E-state index contributed by atoms with van der Waals surface area (Å²) in [6.45, 7) is 11.8. The first kappa shape index (κ1) is 19.0. The number of rotatable bonds is 3. The van der Waals surface area contributed by atoms with Crippen LogP contribution in [-0.4, -0.2) is 37.8 Å². The van der Waals surface area contributed by atoms with E-state index in [4.69, 9.17) is 13.9 Å². The summed E-state index contributed by atoms with van der Waals surface area (Å²) in [5.41, 5.74) is 0.590. The van der Waals surface area contributed by atoms with Crippen LogP contribution < -0.4 is 0 Å². The molecule has 0 aromatic heterocycles. The molecule has 0 bridgehead atoms. The molecule has 3 rings (SSSR count). The number of hydrogen-bond donors (Lipinski definition) is 1. The van der Waals surface area contributed by atoms with Crippen molar-refractivity contribution in [2.24, 2.45) is 0 Å². The van der Waals surface area contributed by atoms with Gasteiger partial charge >= 0.3 is 0 Å². The van der Waals surface area contributed by atoms with Gasteiger partial charge in [0.1, 0.15) is 0 Å². The maximum atomic E-state index is 10.5.